The van der Waals surface area contributed by atoms with Crippen LogP contribution in [0.25, 0.3) is 11.0 Å². The lowest BCUT2D eigenvalue weighted by molar-refractivity contribution is -0.123. The van der Waals surface area contributed by atoms with Crippen LogP contribution in [0.3, 0.4) is 0 Å². The van der Waals surface area contributed by atoms with Crippen LogP contribution in [-0.4, -0.2) is 47.0 Å². The number of carbonyl (C=O) groups excluding carboxylic acids is 1. The molecule has 0 bridgehead atoms. The van der Waals surface area contributed by atoms with Gasteiger partial charge >= 0.3 is 5.76 Å². The van der Waals surface area contributed by atoms with E-state index in [0.29, 0.717) is 36.0 Å². The molecule has 2 fully saturated rings. The summed E-state index contributed by atoms with van der Waals surface area (Å²) in [7, 11) is 0. The van der Waals surface area contributed by atoms with Gasteiger partial charge in [-0.3, -0.25) is 4.79 Å². The molecule has 0 radical (unpaired) electrons. The van der Waals surface area contributed by atoms with Gasteiger partial charge in [-0.2, -0.15) is 10.2 Å². The van der Waals surface area contributed by atoms with E-state index in [9.17, 15) is 14.9 Å². The maximum absolute atomic E-state index is 13.0. The molecule has 2 aliphatic rings. The number of likely N-dealkylation sites (tertiary alicyclic amines) is 1. The van der Waals surface area contributed by atoms with E-state index in [1.807, 2.05) is 13.0 Å². The first-order valence-electron chi connectivity index (χ1n) is 14.5. The van der Waals surface area contributed by atoms with Crippen molar-refractivity contribution in [1.29, 1.82) is 5.26 Å². The number of nitrogens with zero attached hydrogens (tertiary/aromatic N) is 3. The molecule has 1 atom stereocenters. The number of nitriles is 1. The SMILES string of the molecule is CC1CCCCCCC1.CCCN1CCC(C#N)(NC(=O)C(CC)Nc2nc(=O)oc3ccccc23)CC1. The maximum atomic E-state index is 13.0. The van der Waals surface area contributed by atoms with Crippen LogP contribution in [0.2, 0.25) is 0 Å². The Kier molecular flexibility index (Phi) is 11.6. The Labute approximate surface area is 227 Å². The molecule has 4 rings (SSSR count). The Hall–Kier alpha value is -2.92. The van der Waals surface area contributed by atoms with Gasteiger partial charge in [0.2, 0.25) is 5.91 Å². The second-order valence-corrected chi connectivity index (χ2v) is 10.9. The van der Waals surface area contributed by atoms with Gasteiger partial charge in [0.15, 0.2) is 0 Å². The molecule has 1 saturated carbocycles. The highest BCUT2D eigenvalue weighted by molar-refractivity contribution is 5.91. The van der Waals surface area contributed by atoms with Crippen LogP contribution in [0.4, 0.5) is 5.82 Å². The number of nitrogens with one attached hydrogen (secondary N) is 2. The highest BCUT2D eigenvalue weighted by atomic mass is 16.4. The van der Waals surface area contributed by atoms with E-state index < -0.39 is 17.3 Å². The molecule has 1 aliphatic carbocycles. The number of amides is 1. The van der Waals surface area contributed by atoms with E-state index in [2.05, 4.69) is 40.4 Å². The van der Waals surface area contributed by atoms with Crippen LogP contribution in [0.15, 0.2) is 33.5 Å². The Morgan fingerprint density at radius 1 is 1.16 bits per heavy atom. The van der Waals surface area contributed by atoms with Crippen LogP contribution in [-0.2, 0) is 4.79 Å². The average molecular weight is 524 g/mol. The van der Waals surface area contributed by atoms with Gasteiger partial charge in [0.05, 0.1) is 11.5 Å². The first kappa shape index (κ1) is 29.6. The largest absolute Gasteiger partial charge is 0.441 e. The van der Waals surface area contributed by atoms with E-state index in [4.69, 9.17) is 4.42 Å². The van der Waals surface area contributed by atoms with Crippen molar-refractivity contribution in [3.63, 3.8) is 0 Å². The summed E-state index contributed by atoms with van der Waals surface area (Å²) in [4.78, 5) is 31.0. The van der Waals surface area contributed by atoms with Gasteiger partial charge in [-0.05, 0) is 50.3 Å². The quantitative estimate of drug-likeness (QED) is 0.484. The van der Waals surface area contributed by atoms with E-state index in [-0.39, 0.29) is 5.91 Å². The molecule has 8 heteroatoms. The second-order valence-electron chi connectivity index (χ2n) is 10.9. The number of hydrogen-bond donors (Lipinski definition) is 2. The number of para-hydroxylation sites is 1. The summed E-state index contributed by atoms with van der Waals surface area (Å²) in [6, 6.07) is 8.74. The average Bonchev–Trinajstić information content (AvgIpc) is 2.91. The van der Waals surface area contributed by atoms with Crippen LogP contribution >= 0.6 is 0 Å². The minimum Gasteiger partial charge on any atom is -0.408 e. The van der Waals surface area contributed by atoms with Crippen molar-refractivity contribution in [2.75, 3.05) is 25.0 Å². The van der Waals surface area contributed by atoms with Crippen LogP contribution < -0.4 is 16.4 Å². The number of benzene rings is 1. The number of hydrogen-bond acceptors (Lipinski definition) is 7. The molecule has 208 valence electrons. The molecule has 1 aliphatic heterocycles. The van der Waals surface area contributed by atoms with Crippen molar-refractivity contribution in [3.8, 4) is 6.07 Å². The molecule has 1 aromatic carbocycles. The molecule has 1 saturated heterocycles. The summed E-state index contributed by atoms with van der Waals surface area (Å²) in [6.07, 6.45) is 13.2. The van der Waals surface area contributed by atoms with Crippen molar-refractivity contribution in [2.24, 2.45) is 5.92 Å². The van der Waals surface area contributed by atoms with Gasteiger partial charge in [-0.25, -0.2) is 4.79 Å². The molecule has 2 N–H and O–H groups in total. The van der Waals surface area contributed by atoms with Crippen molar-refractivity contribution >= 4 is 22.7 Å². The van der Waals surface area contributed by atoms with Crippen LogP contribution in [0.1, 0.15) is 91.4 Å². The van der Waals surface area contributed by atoms with Gasteiger partial charge in [0.25, 0.3) is 0 Å². The summed E-state index contributed by atoms with van der Waals surface area (Å²) >= 11 is 0. The molecule has 2 aromatic rings. The predicted molar refractivity (Wildman–Crippen MR) is 152 cm³/mol. The zero-order valence-electron chi connectivity index (χ0n) is 23.4. The number of piperidine rings is 1. The zero-order valence-corrected chi connectivity index (χ0v) is 23.4. The third-order valence-electron chi connectivity index (χ3n) is 7.80. The van der Waals surface area contributed by atoms with Gasteiger partial charge in [0.1, 0.15) is 23.0 Å². The molecular weight excluding hydrogens is 478 g/mol. The number of rotatable bonds is 7. The molecule has 1 aromatic heterocycles. The lowest BCUT2D eigenvalue weighted by Crippen LogP contribution is -2.57. The molecule has 2 heterocycles. The number of carbonyl (C=O) groups is 1. The zero-order chi connectivity index (χ0) is 27.4. The summed E-state index contributed by atoms with van der Waals surface area (Å²) in [5.74, 6) is 0.336. The second kappa shape index (κ2) is 14.9. The third kappa shape index (κ3) is 8.56. The number of anilines is 1. The fraction of sp³-hybridized carbons (Fsp3) is 0.667. The minimum atomic E-state index is -0.859. The topological polar surface area (TPSA) is 111 Å². The Bertz CT molecular complexity index is 1110. The standard InChI is InChI=1S/C21H27N5O3.C9H18/c1-3-11-26-12-9-21(14-22,10-13-26)25-19(27)16(4-2)23-18-15-7-5-6-8-17(15)29-20(28)24-18;1-9-7-5-3-2-4-6-8-9/h5-8,16H,3-4,9-13H2,1-2H3,(H,25,27)(H,23,24,28);9H,2-8H2,1H3. The van der Waals surface area contributed by atoms with Gasteiger partial charge < -0.3 is 20.0 Å². The van der Waals surface area contributed by atoms with Gasteiger partial charge in [-0.1, -0.05) is 77.8 Å². The Morgan fingerprint density at radius 2 is 1.82 bits per heavy atom. The summed E-state index contributed by atoms with van der Waals surface area (Å²) < 4.78 is 5.11. The normalized spacial score (nSPS) is 19.2. The highest BCUT2D eigenvalue weighted by Gasteiger charge is 2.37. The minimum absolute atomic E-state index is 0.267. The molecule has 8 nitrogen and oxygen atoms in total. The smallest absolute Gasteiger partial charge is 0.408 e. The Morgan fingerprint density at radius 3 is 2.45 bits per heavy atom. The fourth-order valence-electron chi connectivity index (χ4n) is 5.37. The Balaban J connectivity index is 0.000000375. The van der Waals surface area contributed by atoms with Crippen molar-refractivity contribution in [2.45, 2.75) is 103 Å². The summed E-state index contributed by atoms with van der Waals surface area (Å²) in [5.41, 5.74) is -0.455. The van der Waals surface area contributed by atoms with Crippen molar-refractivity contribution in [1.82, 2.24) is 15.2 Å². The third-order valence-corrected chi connectivity index (χ3v) is 7.80. The predicted octanol–water partition coefficient (Wildman–Crippen LogP) is 5.63. The van der Waals surface area contributed by atoms with E-state index in [0.717, 1.165) is 32.0 Å². The first-order chi connectivity index (χ1) is 18.4. The summed E-state index contributed by atoms with van der Waals surface area (Å²) in [5, 5.41) is 16.4. The van der Waals surface area contributed by atoms with E-state index >= 15 is 0 Å². The number of fused-ring (bicyclic) bond motifs is 1. The lowest BCUT2D eigenvalue weighted by Gasteiger charge is -2.38. The van der Waals surface area contributed by atoms with Gasteiger partial charge in [-0.15, -0.1) is 0 Å². The monoisotopic (exact) mass is 523 g/mol. The van der Waals surface area contributed by atoms with E-state index in [1.165, 1.54) is 44.9 Å². The van der Waals surface area contributed by atoms with Crippen molar-refractivity contribution in [3.05, 3.63) is 34.8 Å². The number of aromatic nitrogens is 1. The summed E-state index contributed by atoms with van der Waals surface area (Å²) in [6.45, 7) is 8.98. The molecular formula is C30H45N5O3. The molecule has 1 amide bonds. The van der Waals surface area contributed by atoms with Gasteiger partial charge in [0, 0.05) is 13.1 Å². The highest BCUT2D eigenvalue weighted by Crippen LogP contribution is 2.24. The maximum Gasteiger partial charge on any atom is 0.441 e. The molecule has 0 spiro atoms. The fourth-order valence-corrected chi connectivity index (χ4v) is 5.37. The first-order valence-corrected chi connectivity index (χ1v) is 14.5. The molecule has 1 unspecified atom stereocenters. The van der Waals surface area contributed by atoms with Crippen LogP contribution in [0.5, 0.6) is 0 Å². The van der Waals surface area contributed by atoms with E-state index in [1.54, 1.807) is 18.2 Å². The van der Waals surface area contributed by atoms with Crippen molar-refractivity contribution < 1.29 is 9.21 Å². The lowest BCUT2D eigenvalue weighted by atomic mass is 9.88. The molecule has 38 heavy (non-hydrogen) atoms. The van der Waals surface area contributed by atoms with Crippen LogP contribution in [0, 0.1) is 17.2 Å².